The molecule has 1 heterocycles. The molecule has 3 N–H and O–H groups in total. The first-order chi connectivity index (χ1) is 9.54. The highest BCUT2D eigenvalue weighted by molar-refractivity contribution is 5.91. The summed E-state index contributed by atoms with van der Waals surface area (Å²) >= 11 is 0. The van der Waals surface area contributed by atoms with E-state index in [0.717, 1.165) is 11.8 Å². The fourth-order valence-corrected chi connectivity index (χ4v) is 1.54. The van der Waals surface area contributed by atoms with E-state index in [1.54, 1.807) is 12.1 Å². The van der Waals surface area contributed by atoms with Gasteiger partial charge in [-0.1, -0.05) is 12.1 Å². The molecule has 0 unspecified atom stereocenters. The van der Waals surface area contributed by atoms with Crippen molar-refractivity contribution in [2.24, 2.45) is 0 Å². The van der Waals surface area contributed by atoms with Crippen LogP contribution in [0.1, 0.15) is 5.56 Å². The number of hydrogen-bond acceptors (Lipinski definition) is 4. The number of ether oxygens (including phenoxy) is 1. The second-order valence-electron chi connectivity index (χ2n) is 4.14. The van der Waals surface area contributed by atoms with Gasteiger partial charge in [-0.25, -0.2) is 4.79 Å². The van der Waals surface area contributed by atoms with Gasteiger partial charge in [0.05, 0.1) is 0 Å². The smallest absolute Gasteiger partial charge is 0.325 e. The minimum atomic E-state index is -0.669. The fourth-order valence-electron chi connectivity index (χ4n) is 1.54. The van der Waals surface area contributed by atoms with E-state index in [1.807, 2.05) is 24.0 Å². The molecule has 2 rings (SSSR count). The summed E-state index contributed by atoms with van der Waals surface area (Å²) in [4.78, 5) is 38.1. The number of aromatic nitrogens is 2. The maximum absolute atomic E-state index is 11.6. The Balaban J connectivity index is 1.96. The summed E-state index contributed by atoms with van der Waals surface area (Å²) in [5.74, 6) is 0.0691. The number of aromatic amines is 2. The number of carbonyl (C=O) groups excluding carboxylic acids is 1. The summed E-state index contributed by atoms with van der Waals surface area (Å²) in [5, 5.41) is 2.34. The van der Waals surface area contributed by atoms with E-state index >= 15 is 0 Å². The zero-order valence-corrected chi connectivity index (χ0v) is 10.7. The molecular weight excluding hydrogens is 262 g/mol. The van der Waals surface area contributed by atoms with Crippen LogP contribution in [0, 0.1) is 6.92 Å². The Hall–Kier alpha value is -2.83. The topological polar surface area (TPSA) is 104 Å². The second kappa shape index (κ2) is 5.87. The zero-order chi connectivity index (χ0) is 14.5. The summed E-state index contributed by atoms with van der Waals surface area (Å²) in [6, 6.07) is 7.25. The first kappa shape index (κ1) is 13.6. The van der Waals surface area contributed by atoms with Gasteiger partial charge in [-0.2, -0.15) is 0 Å². The van der Waals surface area contributed by atoms with E-state index in [-0.39, 0.29) is 12.3 Å². The summed E-state index contributed by atoms with van der Waals surface area (Å²) in [7, 11) is 0. The number of hydrogen-bond donors (Lipinski definition) is 3. The molecule has 0 spiro atoms. The Bertz CT molecular complexity index is 733. The van der Waals surface area contributed by atoms with Gasteiger partial charge in [0.1, 0.15) is 11.4 Å². The van der Waals surface area contributed by atoms with Crippen molar-refractivity contribution < 1.29 is 9.53 Å². The molecule has 7 heteroatoms. The van der Waals surface area contributed by atoms with E-state index in [1.165, 1.54) is 0 Å². The lowest BCUT2D eigenvalue weighted by Gasteiger charge is -2.07. The van der Waals surface area contributed by atoms with Gasteiger partial charge in [0.2, 0.25) is 0 Å². The minimum Gasteiger partial charge on any atom is -0.484 e. The number of amides is 1. The van der Waals surface area contributed by atoms with Crippen molar-refractivity contribution in [3.05, 3.63) is 56.9 Å². The maximum Gasteiger partial charge on any atom is 0.325 e. The third-order valence-corrected chi connectivity index (χ3v) is 2.45. The lowest BCUT2D eigenvalue weighted by Crippen LogP contribution is -2.28. The molecule has 0 atom stereocenters. The molecule has 1 aromatic carbocycles. The molecule has 7 nitrogen and oxygen atoms in total. The van der Waals surface area contributed by atoms with Crippen LogP contribution in [0.3, 0.4) is 0 Å². The predicted octanol–water partition coefficient (Wildman–Crippen LogP) is 0.389. The Labute approximate surface area is 113 Å². The van der Waals surface area contributed by atoms with Gasteiger partial charge in [-0.3, -0.25) is 14.6 Å². The summed E-state index contributed by atoms with van der Waals surface area (Å²) in [6.45, 7) is 1.68. The highest BCUT2D eigenvalue weighted by Gasteiger charge is 2.07. The number of nitrogens with one attached hydrogen (secondary N) is 3. The molecular formula is C13H13N3O4. The number of aryl methyl sites for hydroxylation is 1. The van der Waals surface area contributed by atoms with Gasteiger partial charge < -0.3 is 15.0 Å². The van der Waals surface area contributed by atoms with Gasteiger partial charge in [0.25, 0.3) is 11.5 Å². The molecule has 1 aromatic heterocycles. The Kier molecular flexibility index (Phi) is 3.99. The molecule has 0 radical (unpaired) electrons. The number of rotatable bonds is 4. The molecule has 0 saturated carbocycles. The van der Waals surface area contributed by atoms with E-state index in [0.29, 0.717) is 5.75 Å². The van der Waals surface area contributed by atoms with E-state index in [4.69, 9.17) is 4.74 Å². The average Bonchev–Trinajstić information content (AvgIpc) is 2.40. The lowest BCUT2D eigenvalue weighted by atomic mass is 10.2. The fraction of sp³-hybridized carbons (Fsp3) is 0.154. The van der Waals surface area contributed by atoms with Crippen molar-refractivity contribution in [1.29, 1.82) is 0 Å². The van der Waals surface area contributed by atoms with Crippen molar-refractivity contribution in [2.75, 3.05) is 11.9 Å². The second-order valence-corrected chi connectivity index (χ2v) is 4.14. The maximum atomic E-state index is 11.6. The molecule has 0 aliphatic rings. The molecule has 0 aliphatic carbocycles. The van der Waals surface area contributed by atoms with Crippen LogP contribution in [0.15, 0.2) is 40.1 Å². The molecule has 0 bridgehead atoms. The van der Waals surface area contributed by atoms with Crippen molar-refractivity contribution in [3.63, 3.8) is 0 Å². The predicted molar refractivity (Wildman–Crippen MR) is 73.0 cm³/mol. The molecule has 0 aliphatic heterocycles. The standard InChI is InChI=1S/C13H13N3O4/c1-8-3-2-4-9(5-8)20-7-11(17)15-10-6-14-13(19)16-12(10)18/h2-6H,7H2,1H3,(H,15,17)(H2,14,16,18,19). The third kappa shape index (κ3) is 3.58. The van der Waals surface area contributed by atoms with Crippen molar-refractivity contribution in [2.45, 2.75) is 6.92 Å². The van der Waals surface area contributed by atoms with Crippen LogP contribution < -0.4 is 21.3 Å². The van der Waals surface area contributed by atoms with Crippen molar-refractivity contribution >= 4 is 11.6 Å². The van der Waals surface area contributed by atoms with Crippen LogP contribution in [0.25, 0.3) is 0 Å². The van der Waals surface area contributed by atoms with Gasteiger partial charge in [-0.15, -0.1) is 0 Å². The number of H-pyrrole nitrogens is 2. The summed E-state index contributed by atoms with van der Waals surface area (Å²) in [6.07, 6.45) is 1.13. The third-order valence-electron chi connectivity index (χ3n) is 2.45. The Morgan fingerprint density at radius 1 is 1.35 bits per heavy atom. The van der Waals surface area contributed by atoms with Crippen LogP contribution in [0.5, 0.6) is 5.75 Å². The quantitative estimate of drug-likeness (QED) is 0.750. The van der Waals surface area contributed by atoms with E-state index < -0.39 is 17.2 Å². The molecule has 20 heavy (non-hydrogen) atoms. The summed E-state index contributed by atoms with van der Waals surface area (Å²) < 4.78 is 5.29. The monoisotopic (exact) mass is 275 g/mol. The van der Waals surface area contributed by atoms with Crippen LogP contribution in [-0.4, -0.2) is 22.5 Å². The highest BCUT2D eigenvalue weighted by atomic mass is 16.5. The van der Waals surface area contributed by atoms with Gasteiger partial charge in [-0.05, 0) is 24.6 Å². The van der Waals surface area contributed by atoms with Crippen LogP contribution in [-0.2, 0) is 4.79 Å². The van der Waals surface area contributed by atoms with Crippen molar-refractivity contribution in [3.8, 4) is 5.75 Å². The zero-order valence-electron chi connectivity index (χ0n) is 10.7. The average molecular weight is 275 g/mol. The van der Waals surface area contributed by atoms with Gasteiger partial charge in [0, 0.05) is 6.20 Å². The van der Waals surface area contributed by atoms with Gasteiger partial charge in [0.15, 0.2) is 6.61 Å². The van der Waals surface area contributed by atoms with Crippen LogP contribution in [0.2, 0.25) is 0 Å². The normalized spacial score (nSPS) is 10.1. The van der Waals surface area contributed by atoms with E-state index in [2.05, 4.69) is 10.3 Å². The van der Waals surface area contributed by atoms with Gasteiger partial charge >= 0.3 is 5.69 Å². The summed E-state index contributed by atoms with van der Waals surface area (Å²) in [5.41, 5.74) is -0.330. The Morgan fingerprint density at radius 3 is 2.85 bits per heavy atom. The van der Waals surface area contributed by atoms with Crippen molar-refractivity contribution in [1.82, 2.24) is 9.97 Å². The highest BCUT2D eigenvalue weighted by Crippen LogP contribution is 2.12. The molecule has 0 fully saturated rings. The largest absolute Gasteiger partial charge is 0.484 e. The van der Waals surface area contributed by atoms with E-state index in [9.17, 15) is 14.4 Å². The first-order valence-electron chi connectivity index (χ1n) is 5.86. The molecule has 2 aromatic rings. The SMILES string of the molecule is Cc1cccc(OCC(=O)Nc2c[nH]c(=O)[nH]c2=O)c1. The molecule has 1 amide bonds. The number of benzene rings is 1. The first-order valence-corrected chi connectivity index (χ1v) is 5.86. The minimum absolute atomic E-state index is 0.0394. The molecule has 104 valence electrons. The Morgan fingerprint density at radius 2 is 2.15 bits per heavy atom. The lowest BCUT2D eigenvalue weighted by molar-refractivity contribution is -0.118. The van der Waals surface area contributed by atoms with Crippen LogP contribution in [0.4, 0.5) is 5.69 Å². The number of anilines is 1. The number of carbonyl (C=O) groups is 1. The molecule has 0 saturated heterocycles. The van der Waals surface area contributed by atoms with Crippen LogP contribution >= 0.6 is 0 Å².